The minimum absolute atomic E-state index is 0.214. The van der Waals surface area contributed by atoms with Gasteiger partial charge < -0.3 is 20.3 Å². The topological polar surface area (TPSA) is 92.7 Å². The molecular weight excluding hydrogens is 464 g/mol. The first-order chi connectivity index (χ1) is 17.6. The van der Waals surface area contributed by atoms with Gasteiger partial charge in [0.05, 0.1) is 12.5 Å². The number of carboxylic acid groups (broad SMARTS) is 1. The first-order valence-electron chi connectivity index (χ1n) is 12.7. The average Bonchev–Trinajstić information content (AvgIpc) is 2.88. The van der Waals surface area contributed by atoms with Gasteiger partial charge in [-0.3, -0.25) is 9.69 Å². The molecule has 0 radical (unpaired) electrons. The minimum Gasteiger partial charge on any atom is -0.548 e. The van der Waals surface area contributed by atoms with Gasteiger partial charge in [0.15, 0.2) is 0 Å². The van der Waals surface area contributed by atoms with Gasteiger partial charge in [-0.25, -0.2) is 0 Å². The predicted octanol–water partition coefficient (Wildman–Crippen LogP) is 4.51. The first kappa shape index (κ1) is 29.6. The van der Waals surface area contributed by atoms with Crippen LogP contribution in [-0.2, 0) is 4.79 Å². The summed E-state index contributed by atoms with van der Waals surface area (Å²) in [6.07, 6.45) is 0.997. The quantitative estimate of drug-likeness (QED) is 0.425. The summed E-state index contributed by atoms with van der Waals surface area (Å²) in [6, 6.07) is 25.9. The number of hydrogen-bond donors (Lipinski definition) is 2. The molecule has 6 heteroatoms. The fourth-order valence-electron chi connectivity index (χ4n) is 4.38. The van der Waals surface area contributed by atoms with Crippen LogP contribution in [0.1, 0.15) is 67.1 Å². The largest absolute Gasteiger partial charge is 0.548 e. The van der Waals surface area contributed by atoms with Gasteiger partial charge in [-0.15, -0.1) is 0 Å². The van der Waals surface area contributed by atoms with Gasteiger partial charge >= 0.3 is 0 Å². The molecule has 1 amide bonds. The molecule has 0 unspecified atom stereocenters. The van der Waals surface area contributed by atoms with Crippen molar-refractivity contribution in [2.75, 3.05) is 13.1 Å². The zero-order valence-corrected chi connectivity index (χ0v) is 22.5. The fourth-order valence-corrected chi connectivity index (χ4v) is 4.38. The third-order valence-corrected chi connectivity index (χ3v) is 6.19. The summed E-state index contributed by atoms with van der Waals surface area (Å²) in [5, 5.41) is 22.6. The normalized spacial score (nSPS) is 11.7. The van der Waals surface area contributed by atoms with Crippen LogP contribution < -0.4 is 10.4 Å². The molecule has 0 spiro atoms. The van der Waals surface area contributed by atoms with Crippen LogP contribution in [0, 0.1) is 6.92 Å². The molecule has 0 fully saturated rings. The van der Waals surface area contributed by atoms with Gasteiger partial charge in [-0.2, -0.15) is 0 Å². The van der Waals surface area contributed by atoms with E-state index in [4.69, 9.17) is 0 Å². The highest BCUT2D eigenvalue weighted by Crippen LogP contribution is 2.35. The molecule has 198 valence electrons. The Kier molecular flexibility index (Phi) is 11.8. The summed E-state index contributed by atoms with van der Waals surface area (Å²) in [6.45, 7) is 11.6. The summed E-state index contributed by atoms with van der Waals surface area (Å²) in [5.41, 5.74) is 3.93. The van der Waals surface area contributed by atoms with Crippen molar-refractivity contribution < 1.29 is 19.8 Å². The fraction of sp³-hybridized carbons (Fsp3) is 0.355. The van der Waals surface area contributed by atoms with Gasteiger partial charge in [-0.05, 0) is 71.3 Å². The van der Waals surface area contributed by atoms with E-state index in [2.05, 4.69) is 75.2 Å². The summed E-state index contributed by atoms with van der Waals surface area (Å²) < 4.78 is 0. The Labute approximate surface area is 221 Å². The zero-order chi connectivity index (χ0) is 27.4. The minimum atomic E-state index is -1.30. The van der Waals surface area contributed by atoms with E-state index >= 15 is 0 Å². The summed E-state index contributed by atoms with van der Waals surface area (Å²) in [7, 11) is 0. The van der Waals surface area contributed by atoms with Crippen molar-refractivity contribution in [1.82, 2.24) is 10.2 Å². The Morgan fingerprint density at radius 2 is 1.46 bits per heavy atom. The molecule has 0 aromatic heterocycles. The van der Waals surface area contributed by atoms with Gasteiger partial charge in [0.1, 0.15) is 5.75 Å². The van der Waals surface area contributed by atoms with Gasteiger partial charge in [0.25, 0.3) is 5.91 Å². The van der Waals surface area contributed by atoms with Crippen LogP contribution in [0.5, 0.6) is 5.75 Å². The van der Waals surface area contributed by atoms with E-state index < -0.39 is 18.4 Å². The van der Waals surface area contributed by atoms with E-state index in [0.29, 0.717) is 23.4 Å². The number of nitrogens with zero attached hydrogens (tertiary/aromatic N) is 1. The van der Waals surface area contributed by atoms with Crippen LogP contribution in [0.3, 0.4) is 0 Å². The van der Waals surface area contributed by atoms with Gasteiger partial charge in [0, 0.05) is 29.1 Å². The van der Waals surface area contributed by atoms with Gasteiger partial charge in [-0.1, -0.05) is 66.2 Å². The SMILES string of the molecule is Cc1ccc(O)c([C@H](CCN(C(C)C)C(C)C)c2ccccc2)c1.O=C([O-])CNC(=O)c1ccccc1. The molecule has 3 aromatic carbocycles. The maximum absolute atomic E-state index is 11.1. The molecule has 0 bridgehead atoms. The monoisotopic (exact) mass is 503 g/mol. The number of rotatable bonds is 10. The Morgan fingerprint density at radius 1 is 0.892 bits per heavy atom. The number of carboxylic acids is 1. The predicted molar refractivity (Wildman–Crippen MR) is 147 cm³/mol. The molecule has 2 N–H and O–H groups in total. The van der Waals surface area contributed by atoms with Crippen LogP contribution in [0.2, 0.25) is 0 Å². The Balaban J connectivity index is 0.000000312. The number of carbonyl (C=O) groups is 2. The highest BCUT2D eigenvalue weighted by molar-refractivity contribution is 5.95. The van der Waals surface area contributed by atoms with Crippen molar-refractivity contribution in [2.45, 2.75) is 59.0 Å². The van der Waals surface area contributed by atoms with Crippen molar-refractivity contribution in [3.63, 3.8) is 0 Å². The summed E-state index contributed by atoms with van der Waals surface area (Å²) in [5.74, 6) is -1.10. The van der Waals surface area contributed by atoms with Crippen LogP contribution in [0.4, 0.5) is 0 Å². The number of hydrogen-bond acceptors (Lipinski definition) is 5. The van der Waals surface area contributed by atoms with E-state index in [1.165, 1.54) is 11.1 Å². The second-order valence-corrected chi connectivity index (χ2v) is 9.66. The molecule has 3 aromatic rings. The molecule has 6 nitrogen and oxygen atoms in total. The highest BCUT2D eigenvalue weighted by atomic mass is 16.4. The van der Waals surface area contributed by atoms with Crippen molar-refractivity contribution >= 4 is 11.9 Å². The van der Waals surface area contributed by atoms with Crippen LogP contribution >= 0.6 is 0 Å². The smallest absolute Gasteiger partial charge is 0.251 e. The van der Waals surface area contributed by atoms with Crippen LogP contribution in [-0.4, -0.2) is 47.1 Å². The standard InChI is InChI=1S/C22H31NO.C9H9NO3/c1-16(2)23(17(3)4)14-13-20(19-9-7-6-8-10-19)21-15-18(5)11-12-22(21)24;11-8(12)6-10-9(13)7-4-2-1-3-5-7/h6-12,15-17,20,24H,13-14H2,1-5H3;1-5H,6H2,(H,10,13)(H,11,12)/p-1/t20-;/m1./s1. The van der Waals surface area contributed by atoms with E-state index in [1.54, 1.807) is 30.3 Å². The average molecular weight is 504 g/mol. The van der Waals surface area contributed by atoms with E-state index in [0.717, 1.165) is 18.5 Å². The maximum atomic E-state index is 11.1. The number of phenolic OH excluding ortho intramolecular Hbond substituents is 1. The molecule has 0 aliphatic heterocycles. The number of aliphatic carboxylic acids is 1. The molecule has 3 rings (SSSR count). The number of amides is 1. The molecule has 0 heterocycles. The van der Waals surface area contributed by atoms with Crippen molar-refractivity contribution in [2.24, 2.45) is 0 Å². The summed E-state index contributed by atoms with van der Waals surface area (Å²) >= 11 is 0. The third-order valence-electron chi connectivity index (χ3n) is 6.19. The van der Waals surface area contributed by atoms with Crippen molar-refractivity contribution in [3.05, 3.63) is 101 Å². The second kappa shape index (κ2) is 14.8. The van der Waals surface area contributed by atoms with E-state index in [1.807, 2.05) is 18.2 Å². The lowest BCUT2D eigenvalue weighted by molar-refractivity contribution is -0.303. The van der Waals surface area contributed by atoms with E-state index in [-0.39, 0.29) is 5.92 Å². The number of aryl methyl sites for hydroxylation is 1. The number of nitrogens with one attached hydrogen (secondary N) is 1. The second-order valence-electron chi connectivity index (χ2n) is 9.66. The Morgan fingerprint density at radius 3 is 2.00 bits per heavy atom. The Hall–Kier alpha value is -3.64. The molecule has 0 saturated heterocycles. The van der Waals surface area contributed by atoms with E-state index in [9.17, 15) is 19.8 Å². The number of benzene rings is 3. The molecular formula is C31H39N2O4-. The van der Waals surface area contributed by atoms with Crippen molar-refractivity contribution in [3.8, 4) is 5.75 Å². The molecule has 0 aliphatic rings. The third kappa shape index (κ3) is 9.73. The lowest BCUT2D eigenvalue weighted by Crippen LogP contribution is -2.38. The highest BCUT2D eigenvalue weighted by Gasteiger charge is 2.21. The van der Waals surface area contributed by atoms with Crippen LogP contribution in [0.25, 0.3) is 0 Å². The first-order valence-corrected chi connectivity index (χ1v) is 12.7. The number of carbonyl (C=O) groups excluding carboxylic acids is 2. The molecule has 1 atom stereocenters. The lowest BCUT2D eigenvalue weighted by Gasteiger charge is -2.32. The Bertz CT molecular complexity index is 1110. The molecule has 0 aliphatic carbocycles. The molecule has 37 heavy (non-hydrogen) atoms. The number of aromatic hydroxyl groups is 1. The molecule has 0 saturated carbocycles. The van der Waals surface area contributed by atoms with Crippen LogP contribution in [0.15, 0.2) is 78.9 Å². The summed E-state index contributed by atoms with van der Waals surface area (Å²) in [4.78, 5) is 23.7. The maximum Gasteiger partial charge on any atom is 0.251 e. The van der Waals surface area contributed by atoms with Crippen molar-refractivity contribution in [1.29, 1.82) is 0 Å². The number of phenols is 1. The zero-order valence-electron chi connectivity index (χ0n) is 22.5. The lowest BCUT2D eigenvalue weighted by atomic mass is 9.87. The van der Waals surface area contributed by atoms with Gasteiger partial charge in [0.2, 0.25) is 0 Å².